The fourth-order valence-electron chi connectivity index (χ4n) is 1.14. The van der Waals surface area contributed by atoms with E-state index in [1.807, 2.05) is 5.38 Å². The van der Waals surface area contributed by atoms with Gasteiger partial charge in [-0.2, -0.15) is 0 Å². The van der Waals surface area contributed by atoms with E-state index in [2.05, 4.69) is 10.3 Å². The first-order valence-corrected chi connectivity index (χ1v) is 5.59. The van der Waals surface area contributed by atoms with Gasteiger partial charge in [-0.25, -0.2) is 9.37 Å². The van der Waals surface area contributed by atoms with E-state index >= 15 is 0 Å². The molecule has 78 valence electrons. The number of thiazole rings is 1. The number of rotatable bonds is 3. The summed E-state index contributed by atoms with van der Waals surface area (Å²) in [6.45, 7) is 0.600. The zero-order valence-corrected chi connectivity index (χ0v) is 9.28. The second-order valence-corrected chi connectivity index (χ2v) is 4.29. The zero-order valence-electron chi connectivity index (χ0n) is 7.71. The summed E-state index contributed by atoms with van der Waals surface area (Å²) in [5.74, 6) is -0.334. The summed E-state index contributed by atoms with van der Waals surface area (Å²) in [4.78, 5) is 4.12. The number of nitrogens with one attached hydrogen (secondary N) is 1. The Hall–Kier alpha value is -1.13. The molecule has 1 N–H and O–H groups in total. The predicted molar refractivity (Wildman–Crippen MR) is 60.9 cm³/mol. The predicted octanol–water partition coefficient (Wildman–Crippen LogP) is 3.55. The third-order valence-corrected chi connectivity index (χ3v) is 2.94. The fraction of sp³-hybridized carbons (Fsp3) is 0.100. The molecule has 0 atom stereocenters. The van der Waals surface area contributed by atoms with Crippen molar-refractivity contribution in [1.82, 2.24) is 4.98 Å². The van der Waals surface area contributed by atoms with Gasteiger partial charge < -0.3 is 5.32 Å². The largest absolute Gasteiger partial charge is 0.377 e. The van der Waals surface area contributed by atoms with Crippen LogP contribution >= 0.6 is 22.9 Å². The third kappa shape index (κ3) is 2.67. The average Bonchev–Trinajstić information content (AvgIpc) is 2.69. The minimum atomic E-state index is -0.334. The van der Waals surface area contributed by atoms with Gasteiger partial charge in [-0.15, -0.1) is 11.3 Å². The Morgan fingerprint density at radius 1 is 1.47 bits per heavy atom. The average molecular weight is 243 g/mol. The van der Waals surface area contributed by atoms with Crippen molar-refractivity contribution in [2.24, 2.45) is 0 Å². The minimum Gasteiger partial charge on any atom is -0.377 e. The van der Waals surface area contributed by atoms with Crippen LogP contribution in [0.2, 0.25) is 5.02 Å². The van der Waals surface area contributed by atoms with E-state index in [-0.39, 0.29) is 5.82 Å². The molecule has 0 spiro atoms. The van der Waals surface area contributed by atoms with Gasteiger partial charge in [0, 0.05) is 11.6 Å². The van der Waals surface area contributed by atoms with Crippen LogP contribution < -0.4 is 5.32 Å². The number of halogens is 2. The van der Waals surface area contributed by atoms with E-state index in [0.717, 1.165) is 5.01 Å². The topological polar surface area (TPSA) is 24.9 Å². The molecule has 0 amide bonds. The molecule has 0 saturated heterocycles. The van der Waals surface area contributed by atoms with E-state index in [0.29, 0.717) is 17.3 Å². The lowest BCUT2D eigenvalue weighted by atomic mass is 10.3. The van der Waals surface area contributed by atoms with Crippen LogP contribution in [0.25, 0.3) is 0 Å². The van der Waals surface area contributed by atoms with Crippen LogP contribution in [0.5, 0.6) is 0 Å². The van der Waals surface area contributed by atoms with Gasteiger partial charge in [0.2, 0.25) is 0 Å². The quantitative estimate of drug-likeness (QED) is 0.891. The van der Waals surface area contributed by atoms with Crippen LogP contribution in [0, 0.1) is 5.82 Å². The summed E-state index contributed by atoms with van der Waals surface area (Å²) >= 11 is 7.41. The Balaban J connectivity index is 2.05. The van der Waals surface area contributed by atoms with Crippen LogP contribution in [0.1, 0.15) is 5.01 Å². The first kappa shape index (κ1) is 10.4. The number of hydrogen-bond donors (Lipinski definition) is 1. The second-order valence-electron chi connectivity index (χ2n) is 2.90. The zero-order chi connectivity index (χ0) is 10.7. The summed E-state index contributed by atoms with van der Waals surface area (Å²) in [7, 11) is 0. The molecule has 0 unspecified atom stereocenters. The maximum absolute atomic E-state index is 12.7. The first-order chi connectivity index (χ1) is 7.25. The Morgan fingerprint density at radius 2 is 2.33 bits per heavy atom. The molecular weight excluding hydrogens is 235 g/mol. The highest BCUT2D eigenvalue weighted by atomic mass is 35.5. The monoisotopic (exact) mass is 242 g/mol. The molecule has 0 bridgehead atoms. The van der Waals surface area contributed by atoms with E-state index in [4.69, 9.17) is 11.6 Å². The molecule has 1 aromatic carbocycles. The minimum absolute atomic E-state index is 0.334. The Labute approximate surface area is 95.7 Å². The Morgan fingerprint density at radius 3 is 3.00 bits per heavy atom. The van der Waals surface area contributed by atoms with Crippen molar-refractivity contribution in [3.8, 4) is 0 Å². The van der Waals surface area contributed by atoms with Crippen LogP contribution in [0.4, 0.5) is 10.1 Å². The van der Waals surface area contributed by atoms with E-state index in [1.165, 1.54) is 12.1 Å². The van der Waals surface area contributed by atoms with E-state index in [9.17, 15) is 4.39 Å². The standard InChI is InChI=1S/C10H8ClFN2S/c11-8-5-7(12)1-2-9(8)14-6-10-13-3-4-15-10/h1-5,14H,6H2. The van der Waals surface area contributed by atoms with Gasteiger partial charge in [0.25, 0.3) is 0 Å². The van der Waals surface area contributed by atoms with Crippen molar-refractivity contribution < 1.29 is 4.39 Å². The van der Waals surface area contributed by atoms with Gasteiger partial charge in [-0.05, 0) is 18.2 Å². The lowest BCUT2D eigenvalue weighted by Crippen LogP contribution is -1.99. The molecule has 1 heterocycles. The molecule has 2 nitrogen and oxygen atoms in total. The SMILES string of the molecule is Fc1ccc(NCc2nccs2)c(Cl)c1. The molecule has 2 rings (SSSR count). The van der Waals surface area contributed by atoms with Crippen molar-refractivity contribution in [2.75, 3.05) is 5.32 Å². The number of anilines is 1. The van der Waals surface area contributed by atoms with Crippen LogP contribution in [-0.2, 0) is 6.54 Å². The second kappa shape index (κ2) is 4.59. The Kier molecular flexibility index (Phi) is 3.18. The van der Waals surface area contributed by atoms with Crippen molar-refractivity contribution in [1.29, 1.82) is 0 Å². The van der Waals surface area contributed by atoms with E-state index in [1.54, 1.807) is 23.6 Å². The lowest BCUT2D eigenvalue weighted by molar-refractivity contribution is 0.628. The maximum Gasteiger partial charge on any atom is 0.124 e. The fourth-order valence-corrected chi connectivity index (χ4v) is 1.93. The molecule has 0 aliphatic heterocycles. The third-order valence-electron chi connectivity index (χ3n) is 1.84. The molecule has 1 aromatic heterocycles. The number of hydrogen-bond acceptors (Lipinski definition) is 3. The highest BCUT2D eigenvalue weighted by Gasteiger charge is 2.02. The Bertz CT molecular complexity index is 445. The van der Waals surface area contributed by atoms with Gasteiger partial charge in [0.15, 0.2) is 0 Å². The summed E-state index contributed by atoms with van der Waals surface area (Å²) in [5, 5.41) is 6.35. The van der Waals surface area contributed by atoms with Gasteiger partial charge in [-0.3, -0.25) is 0 Å². The summed E-state index contributed by atoms with van der Waals surface area (Å²) in [6, 6.07) is 4.27. The van der Waals surface area contributed by atoms with Gasteiger partial charge in [0.05, 0.1) is 17.3 Å². The lowest BCUT2D eigenvalue weighted by Gasteiger charge is -2.06. The van der Waals surface area contributed by atoms with Crippen molar-refractivity contribution in [2.45, 2.75) is 6.54 Å². The number of benzene rings is 1. The van der Waals surface area contributed by atoms with Crippen molar-refractivity contribution >= 4 is 28.6 Å². The highest BCUT2D eigenvalue weighted by molar-refractivity contribution is 7.09. The van der Waals surface area contributed by atoms with Gasteiger partial charge in [-0.1, -0.05) is 11.6 Å². The molecule has 0 fully saturated rings. The maximum atomic E-state index is 12.7. The molecule has 0 saturated carbocycles. The molecule has 15 heavy (non-hydrogen) atoms. The summed E-state index contributed by atoms with van der Waals surface area (Å²) in [5.41, 5.74) is 0.716. The molecule has 0 aliphatic rings. The smallest absolute Gasteiger partial charge is 0.124 e. The van der Waals surface area contributed by atoms with Crippen LogP contribution in [0.15, 0.2) is 29.8 Å². The molecule has 2 aromatic rings. The highest BCUT2D eigenvalue weighted by Crippen LogP contribution is 2.23. The number of aromatic nitrogens is 1. The normalized spacial score (nSPS) is 10.3. The molecule has 0 radical (unpaired) electrons. The molecule has 0 aliphatic carbocycles. The van der Waals surface area contributed by atoms with Gasteiger partial charge in [0.1, 0.15) is 10.8 Å². The molecular formula is C10H8ClFN2S. The van der Waals surface area contributed by atoms with E-state index < -0.39 is 0 Å². The van der Waals surface area contributed by atoms with Crippen molar-refractivity contribution in [3.63, 3.8) is 0 Å². The van der Waals surface area contributed by atoms with Crippen LogP contribution in [-0.4, -0.2) is 4.98 Å². The summed E-state index contributed by atoms with van der Waals surface area (Å²) < 4.78 is 12.7. The number of nitrogens with zero attached hydrogens (tertiary/aromatic N) is 1. The van der Waals surface area contributed by atoms with Crippen LogP contribution in [0.3, 0.4) is 0 Å². The van der Waals surface area contributed by atoms with Gasteiger partial charge >= 0.3 is 0 Å². The first-order valence-electron chi connectivity index (χ1n) is 4.33. The van der Waals surface area contributed by atoms with Crippen molar-refractivity contribution in [3.05, 3.63) is 45.6 Å². The summed E-state index contributed by atoms with van der Waals surface area (Å²) in [6.07, 6.45) is 1.74. The molecule has 5 heteroatoms.